The summed E-state index contributed by atoms with van der Waals surface area (Å²) < 4.78 is 5.63. The second-order valence-electron chi connectivity index (χ2n) is 6.62. The molecule has 1 fully saturated rings. The highest BCUT2D eigenvalue weighted by Gasteiger charge is 2.21. The van der Waals surface area contributed by atoms with E-state index in [0.29, 0.717) is 18.9 Å². The summed E-state index contributed by atoms with van der Waals surface area (Å²) in [6.07, 6.45) is 1.31. The fourth-order valence-electron chi connectivity index (χ4n) is 3.10. The third-order valence-electron chi connectivity index (χ3n) is 4.23. The van der Waals surface area contributed by atoms with Crippen LogP contribution in [0, 0.1) is 5.92 Å². The van der Waals surface area contributed by atoms with Gasteiger partial charge in [-0.15, -0.1) is 0 Å². The molecule has 0 N–H and O–H groups in total. The van der Waals surface area contributed by atoms with Gasteiger partial charge in [0, 0.05) is 39.1 Å². The van der Waals surface area contributed by atoms with E-state index in [1.54, 1.807) is 0 Å². The van der Waals surface area contributed by atoms with Crippen LogP contribution in [0.25, 0.3) is 0 Å². The van der Waals surface area contributed by atoms with Crippen molar-refractivity contribution in [3.63, 3.8) is 0 Å². The third-order valence-corrected chi connectivity index (χ3v) is 4.23. The zero-order valence-corrected chi connectivity index (χ0v) is 14.8. The van der Waals surface area contributed by atoms with E-state index in [9.17, 15) is 4.79 Å². The highest BCUT2D eigenvalue weighted by Crippen LogP contribution is 2.20. The molecule has 1 aromatic carbocycles. The van der Waals surface area contributed by atoms with Gasteiger partial charge in [-0.3, -0.25) is 9.69 Å². The molecule has 128 valence electrons. The number of carbonyl (C=O) groups excluding carboxylic acids is 1. The van der Waals surface area contributed by atoms with E-state index in [0.717, 1.165) is 50.5 Å². The summed E-state index contributed by atoms with van der Waals surface area (Å²) in [6.45, 7) is 12.0. The van der Waals surface area contributed by atoms with E-state index in [-0.39, 0.29) is 5.91 Å². The van der Waals surface area contributed by atoms with Crippen molar-refractivity contribution in [1.29, 1.82) is 0 Å². The number of amides is 1. The SMILES string of the molecule is CCOc1ccccc1CCC(=O)N1CCN(CC(C)C)CC1. The minimum atomic E-state index is 0.264. The van der Waals surface area contributed by atoms with Crippen LogP contribution in [0.15, 0.2) is 24.3 Å². The zero-order chi connectivity index (χ0) is 16.7. The number of rotatable bonds is 7. The molecular weight excluding hydrogens is 288 g/mol. The van der Waals surface area contributed by atoms with Crippen molar-refractivity contribution in [1.82, 2.24) is 9.80 Å². The molecule has 1 heterocycles. The molecule has 0 aromatic heterocycles. The molecule has 2 rings (SSSR count). The fourth-order valence-corrected chi connectivity index (χ4v) is 3.10. The van der Waals surface area contributed by atoms with Gasteiger partial charge in [-0.25, -0.2) is 0 Å². The first-order valence-corrected chi connectivity index (χ1v) is 8.81. The molecule has 0 aliphatic carbocycles. The zero-order valence-electron chi connectivity index (χ0n) is 14.8. The van der Waals surface area contributed by atoms with Crippen molar-refractivity contribution in [3.8, 4) is 5.75 Å². The molecule has 23 heavy (non-hydrogen) atoms. The van der Waals surface area contributed by atoms with Crippen LogP contribution in [0.3, 0.4) is 0 Å². The maximum Gasteiger partial charge on any atom is 0.222 e. The first kappa shape index (κ1) is 17.8. The van der Waals surface area contributed by atoms with Gasteiger partial charge >= 0.3 is 0 Å². The monoisotopic (exact) mass is 318 g/mol. The summed E-state index contributed by atoms with van der Waals surface area (Å²) >= 11 is 0. The Morgan fingerprint density at radius 2 is 1.87 bits per heavy atom. The molecule has 0 spiro atoms. The van der Waals surface area contributed by atoms with Gasteiger partial charge in [0.25, 0.3) is 0 Å². The summed E-state index contributed by atoms with van der Waals surface area (Å²) in [4.78, 5) is 16.9. The Hall–Kier alpha value is -1.55. The van der Waals surface area contributed by atoms with Crippen molar-refractivity contribution in [3.05, 3.63) is 29.8 Å². The molecule has 0 unspecified atom stereocenters. The van der Waals surface area contributed by atoms with Crippen LogP contribution in [0.5, 0.6) is 5.75 Å². The number of para-hydroxylation sites is 1. The Labute approximate surface area is 140 Å². The average Bonchev–Trinajstić information content (AvgIpc) is 2.54. The maximum absolute atomic E-state index is 12.4. The number of aryl methyl sites for hydroxylation is 1. The summed E-state index contributed by atoms with van der Waals surface area (Å²) in [5, 5.41) is 0. The second kappa shape index (κ2) is 8.92. The number of piperazine rings is 1. The summed E-state index contributed by atoms with van der Waals surface area (Å²) in [5.74, 6) is 1.86. The van der Waals surface area contributed by atoms with Crippen LogP contribution in [0.2, 0.25) is 0 Å². The summed E-state index contributed by atoms with van der Waals surface area (Å²) in [7, 11) is 0. The summed E-state index contributed by atoms with van der Waals surface area (Å²) in [6, 6.07) is 8.02. The van der Waals surface area contributed by atoms with Crippen LogP contribution in [0.4, 0.5) is 0 Å². The Morgan fingerprint density at radius 3 is 2.52 bits per heavy atom. The van der Waals surface area contributed by atoms with Crippen LogP contribution in [-0.4, -0.2) is 55.0 Å². The molecular formula is C19H30N2O2. The van der Waals surface area contributed by atoms with Crippen LogP contribution in [0.1, 0.15) is 32.8 Å². The molecule has 1 aliphatic rings. The van der Waals surface area contributed by atoms with E-state index in [1.165, 1.54) is 0 Å². The minimum absolute atomic E-state index is 0.264. The standard InChI is InChI=1S/C19H30N2O2/c1-4-23-18-8-6-5-7-17(18)9-10-19(22)21-13-11-20(12-14-21)15-16(2)3/h5-8,16H,4,9-15H2,1-3H3. The molecule has 0 bridgehead atoms. The van der Waals surface area contributed by atoms with E-state index in [1.807, 2.05) is 30.0 Å². The van der Waals surface area contributed by atoms with Gasteiger partial charge in [-0.2, -0.15) is 0 Å². The smallest absolute Gasteiger partial charge is 0.222 e. The predicted molar refractivity (Wildman–Crippen MR) is 93.8 cm³/mol. The van der Waals surface area contributed by atoms with Gasteiger partial charge in [-0.05, 0) is 30.9 Å². The highest BCUT2D eigenvalue weighted by molar-refractivity contribution is 5.76. The van der Waals surface area contributed by atoms with E-state index >= 15 is 0 Å². The largest absolute Gasteiger partial charge is 0.494 e. The van der Waals surface area contributed by atoms with Crippen molar-refractivity contribution >= 4 is 5.91 Å². The molecule has 1 saturated heterocycles. The number of carbonyl (C=O) groups is 1. The van der Waals surface area contributed by atoms with Gasteiger partial charge in [0.2, 0.25) is 5.91 Å². The number of hydrogen-bond acceptors (Lipinski definition) is 3. The predicted octanol–water partition coefficient (Wildman–Crippen LogP) is 2.82. The number of ether oxygens (including phenoxy) is 1. The normalized spacial score (nSPS) is 15.9. The topological polar surface area (TPSA) is 32.8 Å². The van der Waals surface area contributed by atoms with Crippen molar-refractivity contribution in [2.24, 2.45) is 5.92 Å². The molecule has 1 aromatic rings. The lowest BCUT2D eigenvalue weighted by Crippen LogP contribution is -2.49. The maximum atomic E-state index is 12.4. The molecule has 4 heteroatoms. The average molecular weight is 318 g/mol. The minimum Gasteiger partial charge on any atom is -0.494 e. The first-order chi connectivity index (χ1) is 11.1. The Bertz CT molecular complexity index is 494. The van der Waals surface area contributed by atoms with E-state index in [2.05, 4.69) is 24.8 Å². The third kappa shape index (κ3) is 5.54. The lowest BCUT2D eigenvalue weighted by atomic mass is 10.1. The molecule has 4 nitrogen and oxygen atoms in total. The molecule has 1 aliphatic heterocycles. The lowest BCUT2D eigenvalue weighted by molar-refractivity contribution is -0.132. The van der Waals surface area contributed by atoms with Gasteiger partial charge in [0.05, 0.1) is 6.61 Å². The first-order valence-electron chi connectivity index (χ1n) is 8.81. The molecule has 0 radical (unpaired) electrons. The molecule has 0 saturated carbocycles. The number of nitrogens with zero attached hydrogens (tertiary/aromatic N) is 2. The van der Waals surface area contributed by atoms with E-state index in [4.69, 9.17) is 4.74 Å². The van der Waals surface area contributed by atoms with Crippen LogP contribution >= 0.6 is 0 Å². The van der Waals surface area contributed by atoms with Gasteiger partial charge in [0.15, 0.2) is 0 Å². The number of hydrogen-bond donors (Lipinski definition) is 0. The second-order valence-corrected chi connectivity index (χ2v) is 6.62. The van der Waals surface area contributed by atoms with Crippen molar-refractivity contribution in [2.45, 2.75) is 33.6 Å². The highest BCUT2D eigenvalue weighted by atomic mass is 16.5. The van der Waals surface area contributed by atoms with Crippen LogP contribution in [-0.2, 0) is 11.2 Å². The Morgan fingerprint density at radius 1 is 1.17 bits per heavy atom. The van der Waals surface area contributed by atoms with Crippen molar-refractivity contribution in [2.75, 3.05) is 39.3 Å². The molecule has 1 amide bonds. The van der Waals surface area contributed by atoms with Gasteiger partial charge < -0.3 is 9.64 Å². The Balaban J connectivity index is 1.80. The van der Waals surface area contributed by atoms with Gasteiger partial charge in [-0.1, -0.05) is 32.0 Å². The quantitative estimate of drug-likeness (QED) is 0.775. The Kier molecular flexibility index (Phi) is 6.90. The summed E-state index contributed by atoms with van der Waals surface area (Å²) in [5.41, 5.74) is 1.13. The van der Waals surface area contributed by atoms with Gasteiger partial charge in [0.1, 0.15) is 5.75 Å². The fraction of sp³-hybridized carbons (Fsp3) is 0.632. The molecule has 0 atom stereocenters. The van der Waals surface area contributed by atoms with E-state index < -0.39 is 0 Å². The number of benzene rings is 1. The lowest BCUT2D eigenvalue weighted by Gasteiger charge is -2.35. The van der Waals surface area contributed by atoms with Crippen molar-refractivity contribution < 1.29 is 9.53 Å². The van der Waals surface area contributed by atoms with Crippen LogP contribution < -0.4 is 4.74 Å².